The van der Waals surface area contributed by atoms with Crippen molar-refractivity contribution in [1.29, 1.82) is 0 Å². The molecule has 1 rings (SSSR count). The Hall–Kier alpha value is -0.450. The highest BCUT2D eigenvalue weighted by Crippen LogP contribution is 2.15. The molecule has 1 aromatic rings. The maximum absolute atomic E-state index is 10.7. The average Bonchev–Trinajstić information content (AvgIpc) is 2.03. The molecular weight excluding hydrogens is 281 g/mol. The molecule has 0 amide bonds. The van der Waals surface area contributed by atoms with Crippen molar-refractivity contribution in [3.05, 3.63) is 28.0 Å². The third kappa shape index (κ3) is 2.76. The fourth-order valence-electron chi connectivity index (χ4n) is 0.699. The lowest BCUT2D eigenvalue weighted by atomic mass is 10.3. The fraction of sp³-hybridized carbons (Fsp3) is 0. The number of hydrogen-bond acceptors (Lipinski definition) is 3. The molecule has 0 saturated heterocycles. The largest absolute Gasteiger partial charge is 0.274 e. The van der Waals surface area contributed by atoms with Gasteiger partial charge in [0.15, 0.2) is 0 Å². The summed E-state index contributed by atoms with van der Waals surface area (Å²) in [4.78, 5) is 25.0. The van der Waals surface area contributed by atoms with E-state index < -0.39 is 10.5 Å². The Morgan fingerprint density at radius 3 is 1.85 bits per heavy atom. The molecule has 1 aromatic heterocycles. The first kappa shape index (κ1) is 10.6. The van der Waals surface area contributed by atoms with Crippen LogP contribution in [-0.2, 0) is 0 Å². The molecule has 0 spiro atoms. The van der Waals surface area contributed by atoms with Crippen LogP contribution in [0.1, 0.15) is 21.0 Å². The summed E-state index contributed by atoms with van der Waals surface area (Å²) in [6.07, 6.45) is 0. The molecule has 13 heavy (non-hydrogen) atoms. The summed E-state index contributed by atoms with van der Waals surface area (Å²) >= 11 is 13.4. The lowest BCUT2D eigenvalue weighted by Crippen LogP contribution is -2.01. The molecule has 0 saturated carbocycles. The minimum atomic E-state index is -0.736. The van der Waals surface area contributed by atoms with Crippen LogP contribution in [0.4, 0.5) is 0 Å². The summed E-state index contributed by atoms with van der Waals surface area (Å²) in [5.41, 5.74) is -0.0277. The molecule has 0 aromatic carbocycles. The zero-order chi connectivity index (χ0) is 10.0. The van der Waals surface area contributed by atoms with Gasteiger partial charge in [-0.3, -0.25) is 9.59 Å². The maximum Gasteiger partial charge on any atom is 0.270 e. The first-order valence-corrected chi connectivity index (χ1v) is 4.63. The van der Waals surface area contributed by atoms with Crippen LogP contribution in [0.5, 0.6) is 0 Å². The molecular formula is C7H2BrCl2NO2. The molecule has 6 heteroatoms. The number of nitrogens with zero attached hydrogens (tertiary/aromatic N) is 1. The minimum Gasteiger partial charge on any atom is -0.274 e. The molecule has 0 unspecified atom stereocenters. The first-order chi connectivity index (χ1) is 6.00. The van der Waals surface area contributed by atoms with E-state index in [2.05, 4.69) is 20.9 Å². The van der Waals surface area contributed by atoms with Crippen LogP contribution in [-0.4, -0.2) is 15.5 Å². The Morgan fingerprint density at radius 1 is 1.15 bits per heavy atom. The average molecular weight is 283 g/mol. The van der Waals surface area contributed by atoms with Crippen LogP contribution in [0.2, 0.25) is 0 Å². The second-order valence-corrected chi connectivity index (χ2v) is 3.71. The normalized spacial score (nSPS) is 9.77. The van der Waals surface area contributed by atoms with Gasteiger partial charge in [-0.2, -0.15) is 0 Å². The third-order valence-electron chi connectivity index (χ3n) is 1.19. The van der Waals surface area contributed by atoms with Crippen LogP contribution in [0.15, 0.2) is 16.6 Å². The molecule has 0 aliphatic heterocycles. The van der Waals surface area contributed by atoms with E-state index in [0.29, 0.717) is 4.47 Å². The first-order valence-electron chi connectivity index (χ1n) is 3.08. The number of halogens is 3. The van der Waals surface area contributed by atoms with E-state index in [9.17, 15) is 9.59 Å². The standard InChI is InChI=1S/C7H2BrCl2NO2/c8-3-1-4(6(9)12)11-5(2-3)7(10)13/h1-2H. The Morgan fingerprint density at radius 2 is 1.54 bits per heavy atom. The van der Waals surface area contributed by atoms with Crippen molar-refractivity contribution >= 4 is 49.6 Å². The highest BCUT2D eigenvalue weighted by molar-refractivity contribution is 9.10. The lowest BCUT2D eigenvalue weighted by Gasteiger charge is -1.97. The third-order valence-corrected chi connectivity index (χ3v) is 2.04. The van der Waals surface area contributed by atoms with Crippen LogP contribution in [0, 0.1) is 0 Å². The summed E-state index contributed by atoms with van der Waals surface area (Å²) in [5.74, 6) is 0. The zero-order valence-corrected chi connectivity index (χ0v) is 9.15. The topological polar surface area (TPSA) is 47.0 Å². The van der Waals surface area contributed by atoms with E-state index in [1.54, 1.807) is 0 Å². The number of carbonyl (C=O) groups excluding carboxylic acids is 2. The molecule has 0 atom stereocenters. The number of rotatable bonds is 2. The van der Waals surface area contributed by atoms with Crippen LogP contribution in [0.25, 0.3) is 0 Å². The zero-order valence-electron chi connectivity index (χ0n) is 6.05. The second-order valence-electron chi connectivity index (χ2n) is 2.10. The Bertz CT molecular complexity index is 349. The number of carbonyl (C=O) groups is 2. The summed E-state index contributed by atoms with van der Waals surface area (Å²) in [6, 6.07) is 2.80. The van der Waals surface area contributed by atoms with Crippen molar-refractivity contribution in [1.82, 2.24) is 4.98 Å². The SMILES string of the molecule is O=C(Cl)c1cc(Br)cc(C(=O)Cl)n1. The van der Waals surface area contributed by atoms with E-state index in [1.165, 1.54) is 12.1 Å². The maximum atomic E-state index is 10.7. The molecule has 0 aliphatic carbocycles. The summed E-state index contributed by atoms with van der Waals surface area (Å²) in [7, 11) is 0. The van der Waals surface area contributed by atoms with Crippen molar-refractivity contribution in [2.75, 3.05) is 0 Å². The highest BCUT2D eigenvalue weighted by atomic mass is 79.9. The van der Waals surface area contributed by atoms with E-state index in [1.807, 2.05) is 0 Å². The van der Waals surface area contributed by atoms with E-state index in [4.69, 9.17) is 23.2 Å². The number of pyridine rings is 1. The predicted octanol–water partition coefficient (Wildman–Crippen LogP) is 2.60. The highest BCUT2D eigenvalue weighted by Gasteiger charge is 2.10. The molecule has 0 fully saturated rings. The van der Waals surface area contributed by atoms with Gasteiger partial charge in [-0.15, -0.1) is 0 Å². The molecule has 3 nitrogen and oxygen atoms in total. The molecule has 1 heterocycles. The summed E-state index contributed by atoms with van der Waals surface area (Å²) in [6.45, 7) is 0. The van der Waals surface area contributed by atoms with Gasteiger partial charge in [-0.05, 0) is 35.3 Å². The van der Waals surface area contributed by atoms with E-state index in [0.717, 1.165) is 0 Å². The van der Waals surface area contributed by atoms with Gasteiger partial charge in [-0.1, -0.05) is 15.9 Å². The van der Waals surface area contributed by atoms with Gasteiger partial charge in [-0.25, -0.2) is 4.98 Å². The van der Waals surface area contributed by atoms with Gasteiger partial charge in [0.05, 0.1) is 0 Å². The molecule has 0 aliphatic rings. The van der Waals surface area contributed by atoms with Gasteiger partial charge >= 0.3 is 0 Å². The summed E-state index contributed by atoms with van der Waals surface area (Å²) < 4.78 is 0.524. The molecule has 0 N–H and O–H groups in total. The fourth-order valence-corrected chi connectivity index (χ4v) is 1.33. The van der Waals surface area contributed by atoms with Gasteiger partial charge in [0.1, 0.15) is 11.4 Å². The Balaban J connectivity index is 3.26. The predicted molar refractivity (Wildman–Crippen MR) is 52.3 cm³/mol. The summed E-state index contributed by atoms with van der Waals surface area (Å²) in [5, 5.41) is -1.47. The van der Waals surface area contributed by atoms with Crippen molar-refractivity contribution in [3.8, 4) is 0 Å². The van der Waals surface area contributed by atoms with Gasteiger partial charge < -0.3 is 0 Å². The monoisotopic (exact) mass is 281 g/mol. The molecule has 0 radical (unpaired) electrons. The Kier molecular flexibility index (Phi) is 3.41. The minimum absolute atomic E-state index is 0.0139. The smallest absolute Gasteiger partial charge is 0.270 e. The number of hydrogen-bond donors (Lipinski definition) is 0. The van der Waals surface area contributed by atoms with Crippen LogP contribution in [0.3, 0.4) is 0 Å². The van der Waals surface area contributed by atoms with Crippen molar-refractivity contribution < 1.29 is 9.59 Å². The van der Waals surface area contributed by atoms with Crippen molar-refractivity contribution in [3.63, 3.8) is 0 Å². The second kappa shape index (κ2) is 4.17. The van der Waals surface area contributed by atoms with E-state index in [-0.39, 0.29) is 11.4 Å². The molecule has 68 valence electrons. The van der Waals surface area contributed by atoms with Crippen molar-refractivity contribution in [2.24, 2.45) is 0 Å². The van der Waals surface area contributed by atoms with Gasteiger partial charge in [0.25, 0.3) is 10.5 Å². The van der Waals surface area contributed by atoms with Gasteiger partial charge in [0.2, 0.25) is 0 Å². The quantitative estimate of drug-likeness (QED) is 0.784. The lowest BCUT2D eigenvalue weighted by molar-refractivity contribution is 0.107. The van der Waals surface area contributed by atoms with Crippen molar-refractivity contribution in [2.45, 2.75) is 0 Å². The number of aromatic nitrogens is 1. The van der Waals surface area contributed by atoms with Crippen LogP contribution >= 0.6 is 39.1 Å². The molecule has 0 bridgehead atoms. The van der Waals surface area contributed by atoms with Gasteiger partial charge in [0, 0.05) is 4.47 Å². The Labute approximate surface area is 92.2 Å². The van der Waals surface area contributed by atoms with E-state index >= 15 is 0 Å². The van der Waals surface area contributed by atoms with Crippen LogP contribution < -0.4 is 0 Å².